The van der Waals surface area contributed by atoms with E-state index in [9.17, 15) is 0 Å². The van der Waals surface area contributed by atoms with Crippen molar-refractivity contribution >= 4 is 18.3 Å². The van der Waals surface area contributed by atoms with E-state index in [1.165, 1.54) is 19.3 Å². The van der Waals surface area contributed by atoms with Gasteiger partial charge >= 0.3 is 7.07 Å². The molecule has 2 aromatic rings. The minimum Gasteiger partial charge on any atom is -0.291 e. The van der Waals surface area contributed by atoms with Crippen molar-refractivity contribution in [2.45, 2.75) is 37.8 Å². The zero-order valence-corrected chi connectivity index (χ0v) is 14.2. The van der Waals surface area contributed by atoms with Gasteiger partial charge in [0.25, 0.3) is 0 Å². The van der Waals surface area contributed by atoms with Gasteiger partial charge in [-0.05, 0) is 49.9 Å². The van der Waals surface area contributed by atoms with Crippen molar-refractivity contribution in [1.82, 2.24) is 0 Å². The smallest absolute Gasteiger partial charge is 0.291 e. The first kappa shape index (κ1) is 15.6. The van der Waals surface area contributed by atoms with Crippen LogP contribution in [0.5, 0.6) is 11.5 Å². The highest BCUT2D eigenvalue weighted by Gasteiger charge is 2.53. The summed E-state index contributed by atoms with van der Waals surface area (Å²) < 4.78 is 12.4. The molecule has 1 aliphatic rings. The summed E-state index contributed by atoms with van der Waals surface area (Å²) in [6.45, 7) is 0. The van der Waals surface area contributed by atoms with Gasteiger partial charge in [0.1, 0.15) is 0 Å². The highest BCUT2D eigenvalue weighted by atomic mass is 35.7. The number of hydrogen-bond acceptors (Lipinski definition) is 2. The Morgan fingerprint density at radius 1 is 0.727 bits per heavy atom. The average Bonchev–Trinajstić information content (AvgIpc) is 2.57. The highest BCUT2D eigenvalue weighted by molar-refractivity contribution is 7.92. The minimum absolute atomic E-state index is 0.295. The fraction of sp³-hybridized carbons (Fsp3) is 0.333. The predicted molar refractivity (Wildman–Crippen MR) is 93.8 cm³/mol. The van der Waals surface area contributed by atoms with Gasteiger partial charge in [0.2, 0.25) is 0 Å². The van der Waals surface area contributed by atoms with Crippen molar-refractivity contribution in [3.8, 4) is 11.5 Å². The Balaban J connectivity index is 1.83. The lowest BCUT2D eigenvalue weighted by Crippen LogP contribution is -2.21. The molecule has 0 radical (unpaired) electrons. The van der Waals surface area contributed by atoms with E-state index in [-0.39, 0.29) is 0 Å². The molecular weight excluding hydrogens is 315 g/mol. The normalized spacial score (nSPS) is 16.2. The van der Waals surface area contributed by atoms with E-state index in [1.54, 1.807) is 0 Å². The molecule has 0 saturated heterocycles. The van der Waals surface area contributed by atoms with Gasteiger partial charge in [-0.2, -0.15) is 0 Å². The number of rotatable bonds is 5. The van der Waals surface area contributed by atoms with Crippen LogP contribution in [0.3, 0.4) is 0 Å². The van der Waals surface area contributed by atoms with Crippen LogP contribution in [0.25, 0.3) is 0 Å². The Hall–Kier alpha value is -1.24. The van der Waals surface area contributed by atoms with Crippen molar-refractivity contribution in [2.24, 2.45) is 0 Å². The SMILES string of the molecule is Cl[P+](Oc1ccccc1)(Oc1ccccc1)C1CCCCC1. The molecule has 0 spiro atoms. The summed E-state index contributed by atoms with van der Waals surface area (Å²) in [6.07, 6.45) is 5.85. The van der Waals surface area contributed by atoms with Crippen molar-refractivity contribution in [2.75, 3.05) is 0 Å². The summed E-state index contributed by atoms with van der Waals surface area (Å²) in [6, 6.07) is 19.5. The molecule has 0 aliphatic heterocycles. The molecular formula is C18H21ClO2P+. The van der Waals surface area contributed by atoms with E-state index in [1.807, 2.05) is 60.7 Å². The van der Waals surface area contributed by atoms with Gasteiger partial charge in [-0.3, -0.25) is 9.05 Å². The van der Waals surface area contributed by atoms with Gasteiger partial charge in [0.15, 0.2) is 28.4 Å². The second kappa shape index (κ2) is 7.35. The Morgan fingerprint density at radius 2 is 1.18 bits per heavy atom. The zero-order valence-electron chi connectivity index (χ0n) is 12.5. The van der Waals surface area contributed by atoms with E-state index in [0.717, 1.165) is 24.3 Å². The van der Waals surface area contributed by atoms with Crippen molar-refractivity contribution in [1.29, 1.82) is 0 Å². The quantitative estimate of drug-likeness (QED) is 0.582. The van der Waals surface area contributed by atoms with E-state index < -0.39 is 7.07 Å². The number of hydrogen-bond donors (Lipinski definition) is 0. The van der Waals surface area contributed by atoms with Crippen molar-refractivity contribution in [3.63, 3.8) is 0 Å². The molecule has 4 heteroatoms. The maximum Gasteiger partial charge on any atom is 0.462 e. The Labute approximate surface area is 137 Å². The lowest BCUT2D eigenvalue weighted by molar-refractivity contribution is 0.421. The Kier molecular flexibility index (Phi) is 5.23. The molecule has 0 N–H and O–H groups in total. The van der Waals surface area contributed by atoms with Gasteiger partial charge < -0.3 is 0 Å². The number of benzene rings is 2. The van der Waals surface area contributed by atoms with E-state index in [4.69, 9.17) is 20.3 Å². The highest BCUT2D eigenvalue weighted by Crippen LogP contribution is 2.70. The summed E-state index contributed by atoms with van der Waals surface area (Å²) in [5.41, 5.74) is 0.295. The van der Waals surface area contributed by atoms with E-state index in [0.29, 0.717) is 5.66 Å². The van der Waals surface area contributed by atoms with Gasteiger partial charge in [0, 0.05) is 0 Å². The monoisotopic (exact) mass is 335 g/mol. The molecule has 3 rings (SSSR count). The number of para-hydroxylation sites is 2. The third-order valence-electron chi connectivity index (χ3n) is 3.96. The molecule has 0 atom stereocenters. The molecule has 116 valence electrons. The van der Waals surface area contributed by atoms with Crippen LogP contribution in [0.4, 0.5) is 0 Å². The topological polar surface area (TPSA) is 18.5 Å². The average molecular weight is 336 g/mol. The number of halogens is 1. The van der Waals surface area contributed by atoms with Crippen LogP contribution in [0.15, 0.2) is 60.7 Å². The maximum absolute atomic E-state index is 6.95. The maximum atomic E-state index is 6.95. The molecule has 1 fully saturated rings. The zero-order chi connectivity index (χ0) is 15.3. The first-order valence-electron chi connectivity index (χ1n) is 7.84. The van der Waals surface area contributed by atoms with Crippen LogP contribution in [0, 0.1) is 0 Å². The predicted octanol–water partition coefficient (Wildman–Crippen LogP) is 6.48. The van der Waals surface area contributed by atoms with E-state index >= 15 is 0 Å². The first-order valence-corrected chi connectivity index (χ1v) is 10.4. The van der Waals surface area contributed by atoms with Crippen LogP contribution in [0.2, 0.25) is 0 Å². The molecule has 22 heavy (non-hydrogen) atoms. The van der Waals surface area contributed by atoms with Crippen LogP contribution in [-0.4, -0.2) is 5.66 Å². The summed E-state index contributed by atoms with van der Waals surface area (Å²) in [5, 5.41) is 0. The summed E-state index contributed by atoms with van der Waals surface area (Å²) in [7, 11) is -2.52. The second-order valence-corrected chi connectivity index (χ2v) is 9.17. The largest absolute Gasteiger partial charge is 0.462 e. The minimum atomic E-state index is -2.52. The molecule has 1 aliphatic carbocycles. The van der Waals surface area contributed by atoms with Crippen LogP contribution in [-0.2, 0) is 0 Å². The standard InChI is InChI=1S/C18H21ClO2P/c19-22(18-14-8-3-9-15-18,20-16-10-4-1-5-11-16)21-17-12-6-2-7-13-17/h1-2,4-7,10-13,18H,3,8-9,14-15H2/q+1. The summed E-state index contributed by atoms with van der Waals surface area (Å²) >= 11 is 6.95. The Morgan fingerprint density at radius 3 is 1.64 bits per heavy atom. The van der Waals surface area contributed by atoms with Gasteiger partial charge in [-0.25, -0.2) is 0 Å². The molecule has 0 unspecified atom stereocenters. The molecule has 2 nitrogen and oxygen atoms in total. The molecule has 1 saturated carbocycles. The second-order valence-electron chi connectivity index (χ2n) is 5.62. The van der Waals surface area contributed by atoms with E-state index in [2.05, 4.69) is 0 Å². The summed E-state index contributed by atoms with van der Waals surface area (Å²) in [4.78, 5) is 0. The molecule has 0 bridgehead atoms. The molecule has 0 aromatic heterocycles. The van der Waals surface area contributed by atoms with Gasteiger partial charge in [-0.1, -0.05) is 42.8 Å². The fourth-order valence-corrected chi connectivity index (χ4v) is 6.01. The van der Waals surface area contributed by atoms with Crippen LogP contribution < -0.4 is 9.05 Å². The summed E-state index contributed by atoms with van der Waals surface area (Å²) in [5.74, 6) is 1.57. The van der Waals surface area contributed by atoms with Crippen molar-refractivity contribution < 1.29 is 9.05 Å². The third kappa shape index (κ3) is 3.94. The molecule has 2 aromatic carbocycles. The Bertz CT molecular complexity index is 529. The molecule has 0 amide bonds. The lowest BCUT2D eigenvalue weighted by Gasteiger charge is -2.27. The lowest BCUT2D eigenvalue weighted by atomic mass is 10.0. The van der Waals surface area contributed by atoms with Gasteiger partial charge in [0.05, 0.1) is 0 Å². The van der Waals surface area contributed by atoms with Crippen LogP contribution >= 0.6 is 18.3 Å². The van der Waals surface area contributed by atoms with Gasteiger partial charge in [-0.15, -0.1) is 0 Å². The molecule has 0 heterocycles. The fourth-order valence-electron chi connectivity index (χ4n) is 2.81. The van der Waals surface area contributed by atoms with Crippen molar-refractivity contribution in [3.05, 3.63) is 60.7 Å². The van der Waals surface area contributed by atoms with Crippen LogP contribution in [0.1, 0.15) is 32.1 Å². The third-order valence-corrected chi connectivity index (χ3v) is 7.51. The first-order chi connectivity index (χ1) is 10.8.